The van der Waals surface area contributed by atoms with Crippen molar-refractivity contribution < 1.29 is 27.4 Å². The monoisotopic (exact) mass is 488 g/mol. The molecule has 0 atom stereocenters. The van der Waals surface area contributed by atoms with E-state index in [0.29, 0.717) is 36.1 Å². The Morgan fingerprint density at radius 2 is 1.76 bits per heavy atom. The largest absolute Gasteiger partial charge is 0.495 e. The molecule has 0 spiro atoms. The van der Waals surface area contributed by atoms with E-state index >= 15 is 0 Å². The first-order valence-corrected chi connectivity index (χ1v) is 11.9. The predicted octanol–water partition coefficient (Wildman–Crippen LogP) is 4.56. The minimum atomic E-state index is -4.10. The van der Waals surface area contributed by atoms with Crippen LogP contribution in [0.5, 0.6) is 17.2 Å². The van der Waals surface area contributed by atoms with Crippen LogP contribution in [0.2, 0.25) is 5.02 Å². The van der Waals surface area contributed by atoms with Crippen LogP contribution in [0.1, 0.15) is 16.8 Å². The Hall–Kier alpha value is -3.43. The van der Waals surface area contributed by atoms with E-state index in [1.54, 1.807) is 42.5 Å². The molecule has 3 aromatic rings. The number of carbonyl (C=O) groups excluding carboxylic acids is 1. The van der Waals surface area contributed by atoms with Crippen LogP contribution in [0, 0.1) is 0 Å². The third kappa shape index (κ3) is 5.15. The molecule has 0 saturated heterocycles. The third-order valence-electron chi connectivity index (χ3n) is 4.84. The molecule has 3 aromatic carbocycles. The van der Waals surface area contributed by atoms with Gasteiger partial charge in [-0.25, -0.2) is 8.42 Å². The van der Waals surface area contributed by atoms with Crippen molar-refractivity contribution in [1.29, 1.82) is 0 Å². The summed E-state index contributed by atoms with van der Waals surface area (Å²) in [5.74, 6) is 0.980. The Labute approximate surface area is 196 Å². The van der Waals surface area contributed by atoms with Crippen LogP contribution in [0.4, 0.5) is 11.4 Å². The Kier molecular flexibility index (Phi) is 6.62. The van der Waals surface area contributed by atoms with Gasteiger partial charge in [0.2, 0.25) is 0 Å². The fourth-order valence-corrected chi connectivity index (χ4v) is 4.82. The molecular formula is C23H21ClN2O6S. The van der Waals surface area contributed by atoms with Gasteiger partial charge >= 0.3 is 0 Å². The number of halogens is 1. The van der Waals surface area contributed by atoms with Crippen LogP contribution >= 0.6 is 11.6 Å². The second-order valence-electron chi connectivity index (χ2n) is 7.12. The molecule has 0 unspecified atom stereocenters. The highest BCUT2D eigenvalue weighted by Crippen LogP contribution is 2.33. The van der Waals surface area contributed by atoms with E-state index in [1.807, 2.05) is 0 Å². The molecule has 0 aromatic heterocycles. The maximum absolute atomic E-state index is 13.0. The van der Waals surface area contributed by atoms with Gasteiger partial charge in [-0.15, -0.1) is 0 Å². The second kappa shape index (κ2) is 9.60. The number of rotatable bonds is 6. The zero-order chi connectivity index (χ0) is 23.4. The van der Waals surface area contributed by atoms with Gasteiger partial charge in [0.05, 0.1) is 31.0 Å². The molecule has 0 saturated carbocycles. The molecule has 2 N–H and O–H groups in total. The van der Waals surface area contributed by atoms with Gasteiger partial charge in [0, 0.05) is 23.7 Å². The van der Waals surface area contributed by atoms with E-state index in [-0.39, 0.29) is 21.2 Å². The van der Waals surface area contributed by atoms with Crippen molar-refractivity contribution in [2.75, 3.05) is 30.4 Å². The summed E-state index contributed by atoms with van der Waals surface area (Å²) >= 11 is 6.17. The summed E-state index contributed by atoms with van der Waals surface area (Å²) in [5, 5.41) is 2.72. The second-order valence-corrected chi connectivity index (χ2v) is 9.18. The van der Waals surface area contributed by atoms with E-state index < -0.39 is 15.9 Å². The Balaban J connectivity index is 1.58. The standard InChI is InChI=1S/C23H21ClN2O6S/c1-30-19-6-3-2-5-18(19)26-33(28,29)22-13-15(7-9-17(22)24)23(27)25-16-8-10-20-21(14-16)32-12-4-11-31-20/h2-3,5-10,13-14,26H,4,11-12H2,1H3,(H,25,27). The summed E-state index contributed by atoms with van der Waals surface area (Å²) in [4.78, 5) is 12.6. The maximum atomic E-state index is 13.0. The molecule has 10 heteroatoms. The van der Waals surface area contributed by atoms with E-state index in [2.05, 4.69) is 10.0 Å². The number of amides is 1. The number of hydrogen-bond acceptors (Lipinski definition) is 6. The van der Waals surface area contributed by atoms with E-state index in [9.17, 15) is 13.2 Å². The molecule has 1 heterocycles. The Morgan fingerprint density at radius 1 is 1.00 bits per heavy atom. The summed E-state index contributed by atoms with van der Waals surface area (Å²) in [6, 6.07) is 15.7. The van der Waals surface area contributed by atoms with Crippen molar-refractivity contribution in [3.63, 3.8) is 0 Å². The first-order valence-electron chi connectivity index (χ1n) is 10.0. The Bertz CT molecular complexity index is 1300. The average Bonchev–Trinajstić information content (AvgIpc) is 3.04. The number of nitrogens with one attached hydrogen (secondary N) is 2. The zero-order valence-corrected chi connectivity index (χ0v) is 19.2. The number of sulfonamides is 1. The lowest BCUT2D eigenvalue weighted by Gasteiger charge is -2.14. The molecule has 1 aliphatic heterocycles. The van der Waals surface area contributed by atoms with Crippen LogP contribution in [0.25, 0.3) is 0 Å². The smallest absolute Gasteiger partial charge is 0.263 e. The summed E-state index contributed by atoms with van der Waals surface area (Å²) in [7, 11) is -2.66. The molecule has 1 amide bonds. The minimum Gasteiger partial charge on any atom is -0.495 e. The third-order valence-corrected chi connectivity index (χ3v) is 6.69. The first kappa shape index (κ1) is 22.8. The number of methoxy groups -OCH3 is 1. The molecule has 4 rings (SSSR count). The maximum Gasteiger partial charge on any atom is 0.263 e. The Morgan fingerprint density at radius 3 is 2.55 bits per heavy atom. The van der Waals surface area contributed by atoms with Gasteiger partial charge in [0.25, 0.3) is 15.9 Å². The van der Waals surface area contributed by atoms with Crippen LogP contribution in [-0.2, 0) is 10.0 Å². The van der Waals surface area contributed by atoms with Gasteiger partial charge in [-0.1, -0.05) is 23.7 Å². The highest BCUT2D eigenvalue weighted by molar-refractivity contribution is 7.92. The quantitative estimate of drug-likeness (QED) is 0.527. The molecule has 1 aliphatic rings. The number of fused-ring (bicyclic) bond motifs is 1. The van der Waals surface area contributed by atoms with E-state index in [4.69, 9.17) is 25.8 Å². The van der Waals surface area contributed by atoms with Crippen molar-refractivity contribution in [3.05, 3.63) is 71.2 Å². The average molecular weight is 489 g/mol. The number of ether oxygens (including phenoxy) is 3. The lowest BCUT2D eigenvalue weighted by Crippen LogP contribution is -2.17. The van der Waals surface area contributed by atoms with E-state index in [1.165, 1.54) is 25.3 Å². The molecular weight excluding hydrogens is 468 g/mol. The molecule has 172 valence electrons. The van der Waals surface area contributed by atoms with E-state index in [0.717, 1.165) is 6.42 Å². The van der Waals surface area contributed by atoms with Gasteiger partial charge < -0.3 is 19.5 Å². The number of carbonyl (C=O) groups is 1. The van der Waals surface area contributed by atoms with Crippen molar-refractivity contribution in [2.24, 2.45) is 0 Å². The number of para-hydroxylation sites is 2. The molecule has 0 fully saturated rings. The summed E-state index contributed by atoms with van der Waals surface area (Å²) < 4.78 is 44.9. The number of benzene rings is 3. The summed E-state index contributed by atoms with van der Waals surface area (Å²) in [6.45, 7) is 1.08. The van der Waals surface area contributed by atoms with Crippen molar-refractivity contribution in [2.45, 2.75) is 11.3 Å². The summed E-state index contributed by atoms with van der Waals surface area (Å²) in [6.07, 6.45) is 0.765. The number of anilines is 2. The number of hydrogen-bond donors (Lipinski definition) is 2. The minimum absolute atomic E-state index is 0.0236. The van der Waals surface area contributed by atoms with Crippen molar-refractivity contribution in [3.8, 4) is 17.2 Å². The zero-order valence-electron chi connectivity index (χ0n) is 17.6. The highest BCUT2D eigenvalue weighted by atomic mass is 35.5. The topological polar surface area (TPSA) is 103 Å². The SMILES string of the molecule is COc1ccccc1NS(=O)(=O)c1cc(C(=O)Nc2ccc3c(c2)OCCCO3)ccc1Cl. The van der Waals surface area contributed by atoms with Gasteiger partial charge in [-0.05, 0) is 42.5 Å². The van der Waals surface area contributed by atoms with Crippen LogP contribution < -0.4 is 24.2 Å². The molecule has 8 nitrogen and oxygen atoms in total. The van der Waals surface area contributed by atoms with Crippen LogP contribution in [-0.4, -0.2) is 34.6 Å². The van der Waals surface area contributed by atoms with Crippen molar-refractivity contribution in [1.82, 2.24) is 0 Å². The fourth-order valence-electron chi connectivity index (χ4n) is 3.22. The summed E-state index contributed by atoms with van der Waals surface area (Å²) in [5.41, 5.74) is 0.848. The molecule has 0 radical (unpaired) electrons. The molecule has 0 aliphatic carbocycles. The van der Waals surface area contributed by atoms with Crippen molar-refractivity contribution >= 4 is 38.9 Å². The lowest BCUT2D eigenvalue weighted by molar-refractivity contribution is 0.102. The molecule has 0 bridgehead atoms. The lowest BCUT2D eigenvalue weighted by atomic mass is 10.2. The van der Waals surface area contributed by atoms with Gasteiger partial charge in [0.1, 0.15) is 10.6 Å². The predicted molar refractivity (Wildman–Crippen MR) is 125 cm³/mol. The van der Waals surface area contributed by atoms with Crippen LogP contribution in [0.15, 0.2) is 65.6 Å². The van der Waals surface area contributed by atoms with Gasteiger partial charge in [-0.3, -0.25) is 9.52 Å². The molecule has 33 heavy (non-hydrogen) atoms. The highest BCUT2D eigenvalue weighted by Gasteiger charge is 2.22. The van der Waals surface area contributed by atoms with Gasteiger partial charge in [-0.2, -0.15) is 0 Å². The van der Waals surface area contributed by atoms with Crippen LogP contribution in [0.3, 0.4) is 0 Å². The van der Waals surface area contributed by atoms with Gasteiger partial charge in [0.15, 0.2) is 11.5 Å². The first-order chi connectivity index (χ1) is 15.9. The normalized spacial score (nSPS) is 13.0. The fraction of sp³-hybridized carbons (Fsp3) is 0.174.